The first-order valence-electron chi connectivity index (χ1n) is 5.09. The molecule has 0 atom stereocenters. The summed E-state index contributed by atoms with van der Waals surface area (Å²) in [5.74, 6) is 1.33. The fourth-order valence-electron chi connectivity index (χ4n) is 1.25. The maximum Gasteiger partial charge on any atom is 0.236 e. The SMILES string of the molecule is O=C(CSc1ccc(Cl)cc1)NC1=NCCS1. The highest BCUT2D eigenvalue weighted by Gasteiger charge is 2.10. The lowest BCUT2D eigenvalue weighted by atomic mass is 10.4. The summed E-state index contributed by atoms with van der Waals surface area (Å²) >= 11 is 8.85. The number of halogens is 1. The van der Waals surface area contributed by atoms with Gasteiger partial charge in [0, 0.05) is 15.7 Å². The molecule has 1 aromatic carbocycles. The first kappa shape index (κ1) is 12.8. The van der Waals surface area contributed by atoms with Gasteiger partial charge in [-0.05, 0) is 24.3 Å². The molecule has 0 saturated carbocycles. The van der Waals surface area contributed by atoms with Crippen LogP contribution >= 0.6 is 35.1 Å². The molecule has 1 aliphatic heterocycles. The highest BCUT2D eigenvalue weighted by Crippen LogP contribution is 2.20. The molecule has 0 saturated heterocycles. The topological polar surface area (TPSA) is 41.5 Å². The lowest BCUT2D eigenvalue weighted by Crippen LogP contribution is -2.28. The van der Waals surface area contributed by atoms with Crippen LogP contribution in [0, 0.1) is 0 Å². The molecule has 90 valence electrons. The van der Waals surface area contributed by atoms with Crippen molar-refractivity contribution in [3.05, 3.63) is 29.3 Å². The maximum absolute atomic E-state index is 11.6. The smallest absolute Gasteiger partial charge is 0.236 e. The van der Waals surface area contributed by atoms with Crippen LogP contribution in [0.5, 0.6) is 0 Å². The van der Waals surface area contributed by atoms with E-state index in [1.165, 1.54) is 11.8 Å². The van der Waals surface area contributed by atoms with Gasteiger partial charge in [0.05, 0.1) is 12.3 Å². The first-order chi connectivity index (χ1) is 8.24. The summed E-state index contributed by atoms with van der Waals surface area (Å²) in [4.78, 5) is 16.8. The second-order valence-corrected chi connectivity index (χ2v) is 5.89. The van der Waals surface area contributed by atoms with Gasteiger partial charge in [-0.3, -0.25) is 9.79 Å². The van der Waals surface area contributed by atoms with Gasteiger partial charge < -0.3 is 5.32 Å². The molecule has 0 spiro atoms. The molecule has 1 aromatic rings. The van der Waals surface area contributed by atoms with E-state index >= 15 is 0 Å². The first-order valence-corrected chi connectivity index (χ1v) is 7.44. The third-order valence-corrected chi connectivity index (χ3v) is 4.17. The molecule has 6 heteroatoms. The summed E-state index contributed by atoms with van der Waals surface area (Å²) in [7, 11) is 0. The normalized spacial score (nSPS) is 14.5. The molecule has 0 bridgehead atoms. The van der Waals surface area contributed by atoms with Gasteiger partial charge in [0.1, 0.15) is 0 Å². The zero-order chi connectivity index (χ0) is 12.1. The van der Waals surface area contributed by atoms with Crippen molar-refractivity contribution in [2.45, 2.75) is 4.90 Å². The number of hydrogen-bond acceptors (Lipinski definition) is 4. The van der Waals surface area contributed by atoms with Crippen molar-refractivity contribution in [2.75, 3.05) is 18.1 Å². The second-order valence-electron chi connectivity index (χ2n) is 3.33. The maximum atomic E-state index is 11.6. The Kier molecular flexibility index (Phi) is 4.76. The zero-order valence-corrected chi connectivity index (χ0v) is 11.4. The van der Waals surface area contributed by atoms with Gasteiger partial charge >= 0.3 is 0 Å². The fourth-order valence-corrected chi connectivity index (χ4v) is 2.81. The summed E-state index contributed by atoms with van der Waals surface area (Å²) in [5.41, 5.74) is 0. The molecule has 0 fully saturated rings. The second kappa shape index (κ2) is 6.33. The van der Waals surface area contributed by atoms with Gasteiger partial charge in [0.2, 0.25) is 5.91 Å². The Labute approximate surface area is 113 Å². The highest BCUT2D eigenvalue weighted by molar-refractivity contribution is 8.14. The quantitative estimate of drug-likeness (QED) is 0.869. The number of carbonyl (C=O) groups excluding carboxylic acids is 1. The van der Waals surface area contributed by atoms with Gasteiger partial charge in [0.15, 0.2) is 5.17 Å². The molecule has 1 amide bonds. The van der Waals surface area contributed by atoms with Crippen LogP contribution in [0.15, 0.2) is 34.2 Å². The number of amides is 1. The molecular weight excluding hydrogens is 276 g/mol. The van der Waals surface area contributed by atoms with E-state index in [9.17, 15) is 4.79 Å². The Balaban J connectivity index is 1.77. The van der Waals surface area contributed by atoms with Crippen molar-refractivity contribution in [3.63, 3.8) is 0 Å². The number of nitrogens with one attached hydrogen (secondary N) is 1. The minimum atomic E-state index is -0.0156. The van der Waals surface area contributed by atoms with Crippen molar-refractivity contribution in [2.24, 2.45) is 4.99 Å². The summed E-state index contributed by atoms with van der Waals surface area (Å²) in [5, 5.41) is 4.23. The van der Waals surface area contributed by atoms with Crippen LogP contribution in [0.2, 0.25) is 5.02 Å². The van der Waals surface area contributed by atoms with Crippen LogP contribution < -0.4 is 5.32 Å². The van der Waals surface area contributed by atoms with E-state index in [0.29, 0.717) is 10.8 Å². The van der Waals surface area contributed by atoms with Crippen molar-refractivity contribution in [3.8, 4) is 0 Å². The van der Waals surface area contributed by atoms with Crippen LogP contribution in [-0.2, 0) is 4.79 Å². The standard InChI is InChI=1S/C11H11ClN2OS2/c12-8-1-3-9(4-2-8)17-7-10(15)14-11-13-5-6-16-11/h1-4H,5-7H2,(H,13,14,15). The minimum Gasteiger partial charge on any atom is -0.305 e. The van der Waals surface area contributed by atoms with E-state index in [-0.39, 0.29) is 5.91 Å². The summed E-state index contributed by atoms with van der Waals surface area (Å²) in [6.45, 7) is 0.796. The molecule has 1 heterocycles. The number of amidine groups is 1. The fraction of sp³-hybridized carbons (Fsp3) is 0.273. The average Bonchev–Trinajstić information content (AvgIpc) is 2.81. The van der Waals surface area contributed by atoms with E-state index in [1.807, 2.05) is 24.3 Å². The molecule has 0 aromatic heterocycles. The summed E-state index contributed by atoms with van der Waals surface area (Å²) in [6, 6.07) is 7.45. The predicted molar refractivity (Wildman–Crippen MR) is 75.1 cm³/mol. The number of benzene rings is 1. The largest absolute Gasteiger partial charge is 0.305 e. The van der Waals surface area contributed by atoms with Crippen molar-refractivity contribution in [1.29, 1.82) is 0 Å². The van der Waals surface area contributed by atoms with Gasteiger partial charge in [-0.25, -0.2) is 0 Å². The lowest BCUT2D eigenvalue weighted by molar-refractivity contribution is -0.117. The third-order valence-electron chi connectivity index (χ3n) is 2.02. The van der Waals surface area contributed by atoms with Gasteiger partial charge in [0.25, 0.3) is 0 Å². The van der Waals surface area contributed by atoms with Crippen LogP contribution in [0.25, 0.3) is 0 Å². The number of rotatable bonds is 3. The van der Waals surface area contributed by atoms with Crippen molar-refractivity contribution in [1.82, 2.24) is 5.32 Å². The number of nitrogens with zero attached hydrogens (tertiary/aromatic N) is 1. The Hall–Kier alpha value is -0.650. The van der Waals surface area contributed by atoms with Gasteiger partial charge in [-0.2, -0.15) is 0 Å². The molecule has 0 unspecified atom stereocenters. The minimum absolute atomic E-state index is 0.0156. The monoisotopic (exact) mass is 286 g/mol. The van der Waals surface area contributed by atoms with Crippen LogP contribution in [-0.4, -0.2) is 29.1 Å². The Morgan fingerprint density at radius 3 is 2.88 bits per heavy atom. The molecule has 0 aliphatic carbocycles. The van der Waals surface area contributed by atoms with Gasteiger partial charge in [-0.15, -0.1) is 11.8 Å². The Morgan fingerprint density at radius 1 is 1.47 bits per heavy atom. The third kappa shape index (κ3) is 4.26. The zero-order valence-electron chi connectivity index (χ0n) is 8.98. The molecule has 2 rings (SSSR count). The van der Waals surface area contributed by atoms with Crippen molar-refractivity contribution < 1.29 is 4.79 Å². The van der Waals surface area contributed by atoms with E-state index in [2.05, 4.69) is 10.3 Å². The molecule has 0 radical (unpaired) electrons. The van der Waals surface area contributed by atoms with Crippen molar-refractivity contribution >= 4 is 46.2 Å². The number of hydrogen-bond donors (Lipinski definition) is 1. The van der Waals surface area contributed by atoms with E-state index in [4.69, 9.17) is 11.6 Å². The van der Waals surface area contributed by atoms with E-state index < -0.39 is 0 Å². The van der Waals surface area contributed by atoms with Crippen LogP contribution in [0.4, 0.5) is 0 Å². The van der Waals surface area contributed by atoms with E-state index in [1.54, 1.807) is 11.8 Å². The predicted octanol–water partition coefficient (Wildman–Crippen LogP) is 2.65. The number of aliphatic imine (C=N–C) groups is 1. The van der Waals surface area contributed by atoms with Crippen LogP contribution in [0.3, 0.4) is 0 Å². The molecule has 1 aliphatic rings. The number of carbonyl (C=O) groups is 1. The lowest BCUT2D eigenvalue weighted by Gasteiger charge is -2.03. The summed E-state index contributed by atoms with van der Waals surface area (Å²) in [6.07, 6.45) is 0. The Morgan fingerprint density at radius 2 is 2.24 bits per heavy atom. The highest BCUT2D eigenvalue weighted by atomic mass is 35.5. The molecular formula is C11H11ClN2OS2. The summed E-state index contributed by atoms with van der Waals surface area (Å²) < 4.78 is 0. The average molecular weight is 287 g/mol. The number of thioether (sulfide) groups is 2. The Bertz CT molecular complexity index is 434. The molecule has 17 heavy (non-hydrogen) atoms. The van der Waals surface area contributed by atoms with Crippen LogP contribution in [0.1, 0.15) is 0 Å². The van der Waals surface area contributed by atoms with E-state index in [0.717, 1.165) is 22.4 Å². The van der Waals surface area contributed by atoms with Gasteiger partial charge in [-0.1, -0.05) is 23.4 Å². The molecule has 1 N–H and O–H groups in total. The molecule has 3 nitrogen and oxygen atoms in total.